The van der Waals surface area contributed by atoms with Crippen molar-refractivity contribution in [1.82, 2.24) is 0 Å². The van der Waals surface area contributed by atoms with E-state index in [9.17, 15) is 18.0 Å². The Kier molecular flexibility index (Phi) is 5.84. The molecule has 4 nitrogen and oxygen atoms in total. The summed E-state index contributed by atoms with van der Waals surface area (Å²) in [4.78, 5) is 13.1. The molecule has 4 aromatic rings. The summed E-state index contributed by atoms with van der Waals surface area (Å²) in [6, 6.07) is 17.1. The van der Waals surface area contributed by atoms with Gasteiger partial charge in [-0.25, -0.2) is 0 Å². The molecule has 0 atom stereocenters. The first-order valence-corrected chi connectivity index (χ1v) is 9.85. The topological polar surface area (TPSA) is 48.7 Å². The van der Waals surface area contributed by atoms with Crippen LogP contribution in [0.2, 0.25) is 5.02 Å². The van der Waals surface area contributed by atoms with E-state index in [0.717, 1.165) is 0 Å². The van der Waals surface area contributed by atoms with Crippen LogP contribution in [0.4, 0.5) is 13.2 Å². The van der Waals surface area contributed by atoms with Gasteiger partial charge in [0.1, 0.15) is 23.7 Å². The number of rotatable bonds is 5. The highest BCUT2D eigenvalue weighted by atomic mass is 35.5. The zero-order valence-corrected chi connectivity index (χ0v) is 17.5. The second-order valence-corrected chi connectivity index (χ2v) is 7.28. The van der Waals surface area contributed by atoms with Gasteiger partial charge < -0.3 is 13.9 Å². The molecule has 0 spiro atoms. The summed E-state index contributed by atoms with van der Waals surface area (Å²) in [6.07, 6.45) is -4.90. The lowest BCUT2D eigenvalue weighted by Gasteiger charge is -2.15. The number of methoxy groups -OCH3 is 1. The normalized spacial score (nSPS) is 11.5. The van der Waals surface area contributed by atoms with E-state index in [1.165, 1.54) is 43.5 Å². The summed E-state index contributed by atoms with van der Waals surface area (Å²) >= 11 is 6.10. The van der Waals surface area contributed by atoms with Crippen molar-refractivity contribution in [3.05, 3.63) is 93.3 Å². The molecule has 0 amide bonds. The fourth-order valence-corrected chi connectivity index (χ4v) is 3.53. The van der Waals surface area contributed by atoms with Crippen LogP contribution < -0.4 is 14.9 Å². The number of para-hydroxylation sites is 1. The van der Waals surface area contributed by atoms with Gasteiger partial charge in [-0.1, -0.05) is 48.0 Å². The van der Waals surface area contributed by atoms with Crippen molar-refractivity contribution in [3.8, 4) is 22.6 Å². The molecular weight excluding hydrogens is 445 g/mol. The standard InChI is InChI=1S/C24H16ClF3O4/c1-30-19-9-5-3-7-16(19)21-22(29)17-11-10-15(12-20(17)32-23(21)24(26,27)28)31-13-14-6-2-4-8-18(14)25/h2-12H,13H2,1H3. The first-order valence-electron chi connectivity index (χ1n) is 9.47. The highest BCUT2D eigenvalue weighted by molar-refractivity contribution is 6.31. The Balaban J connectivity index is 1.83. The van der Waals surface area contributed by atoms with Gasteiger partial charge in [-0.15, -0.1) is 0 Å². The van der Waals surface area contributed by atoms with Crippen molar-refractivity contribution in [2.24, 2.45) is 0 Å². The van der Waals surface area contributed by atoms with E-state index >= 15 is 0 Å². The van der Waals surface area contributed by atoms with Crippen molar-refractivity contribution in [2.45, 2.75) is 12.8 Å². The molecule has 0 aliphatic heterocycles. The molecule has 0 bridgehead atoms. The molecule has 1 heterocycles. The van der Waals surface area contributed by atoms with Crippen LogP contribution in [-0.4, -0.2) is 7.11 Å². The first-order chi connectivity index (χ1) is 15.3. The lowest BCUT2D eigenvalue weighted by atomic mass is 10.0. The highest BCUT2D eigenvalue weighted by Crippen LogP contribution is 2.40. The van der Waals surface area contributed by atoms with Crippen LogP contribution in [-0.2, 0) is 12.8 Å². The maximum Gasteiger partial charge on any atom is 0.450 e. The second kappa shape index (κ2) is 8.59. The van der Waals surface area contributed by atoms with Crippen LogP contribution in [0, 0.1) is 0 Å². The summed E-state index contributed by atoms with van der Waals surface area (Å²) < 4.78 is 57.6. The third-order valence-electron chi connectivity index (χ3n) is 4.85. The summed E-state index contributed by atoms with van der Waals surface area (Å²) in [7, 11) is 1.32. The molecule has 4 rings (SSSR count). The van der Waals surface area contributed by atoms with Crippen molar-refractivity contribution >= 4 is 22.6 Å². The van der Waals surface area contributed by atoms with E-state index in [-0.39, 0.29) is 34.6 Å². The minimum Gasteiger partial charge on any atom is -0.496 e. The number of benzene rings is 3. The number of ether oxygens (including phenoxy) is 2. The van der Waals surface area contributed by atoms with Gasteiger partial charge in [0.25, 0.3) is 0 Å². The van der Waals surface area contributed by atoms with Crippen LogP contribution in [0.15, 0.2) is 75.9 Å². The Hall–Kier alpha value is -3.45. The van der Waals surface area contributed by atoms with E-state index in [2.05, 4.69) is 0 Å². The third kappa shape index (κ3) is 4.16. The maximum absolute atomic E-state index is 13.9. The van der Waals surface area contributed by atoms with E-state index in [4.69, 9.17) is 25.5 Å². The second-order valence-electron chi connectivity index (χ2n) is 6.87. The predicted octanol–water partition coefficient (Wildman–Crippen LogP) is 6.72. The molecule has 0 unspecified atom stereocenters. The van der Waals surface area contributed by atoms with Gasteiger partial charge in [0, 0.05) is 22.2 Å². The van der Waals surface area contributed by atoms with Crippen LogP contribution in [0.25, 0.3) is 22.1 Å². The van der Waals surface area contributed by atoms with Gasteiger partial charge in [-0.05, 0) is 24.3 Å². The van der Waals surface area contributed by atoms with Crippen molar-refractivity contribution in [3.63, 3.8) is 0 Å². The zero-order chi connectivity index (χ0) is 22.9. The molecule has 0 saturated carbocycles. The van der Waals surface area contributed by atoms with Gasteiger partial charge in [-0.2, -0.15) is 13.2 Å². The van der Waals surface area contributed by atoms with Gasteiger partial charge >= 0.3 is 6.18 Å². The molecule has 3 aromatic carbocycles. The van der Waals surface area contributed by atoms with Gasteiger partial charge in [0.15, 0.2) is 0 Å². The Labute approximate surface area is 185 Å². The molecular formula is C24H16ClF3O4. The SMILES string of the molecule is COc1ccccc1-c1c(C(F)(F)F)oc2cc(OCc3ccccc3Cl)ccc2c1=O. The molecule has 0 radical (unpaired) electrons. The van der Waals surface area contributed by atoms with Gasteiger partial charge in [-0.3, -0.25) is 4.79 Å². The fraction of sp³-hybridized carbons (Fsp3) is 0.125. The summed E-state index contributed by atoms with van der Waals surface area (Å²) in [5.41, 5.74) is -0.958. The van der Waals surface area contributed by atoms with E-state index in [1.807, 2.05) is 0 Å². The molecule has 8 heteroatoms. The summed E-state index contributed by atoms with van der Waals surface area (Å²) in [5, 5.41) is 0.490. The smallest absolute Gasteiger partial charge is 0.450 e. The summed E-state index contributed by atoms with van der Waals surface area (Å²) in [5.74, 6) is -1.04. The number of halogens is 4. The molecule has 0 aliphatic rings. The largest absolute Gasteiger partial charge is 0.496 e. The Morgan fingerprint density at radius 3 is 2.44 bits per heavy atom. The third-order valence-corrected chi connectivity index (χ3v) is 5.22. The van der Waals surface area contributed by atoms with Crippen LogP contribution >= 0.6 is 11.6 Å². The predicted molar refractivity (Wildman–Crippen MR) is 115 cm³/mol. The van der Waals surface area contributed by atoms with Crippen LogP contribution in [0.3, 0.4) is 0 Å². The van der Waals surface area contributed by atoms with E-state index in [0.29, 0.717) is 10.6 Å². The van der Waals surface area contributed by atoms with Crippen molar-refractivity contribution in [2.75, 3.05) is 7.11 Å². The van der Waals surface area contributed by atoms with Gasteiger partial charge in [0.05, 0.1) is 18.1 Å². The van der Waals surface area contributed by atoms with Gasteiger partial charge in [0.2, 0.25) is 11.2 Å². The molecule has 0 fully saturated rings. The van der Waals surface area contributed by atoms with E-state index in [1.54, 1.807) is 30.3 Å². The van der Waals surface area contributed by atoms with E-state index < -0.39 is 22.9 Å². The Bertz CT molecular complexity index is 1350. The molecule has 0 aliphatic carbocycles. The minimum absolute atomic E-state index is 0.00276. The van der Waals surface area contributed by atoms with Crippen molar-refractivity contribution < 1.29 is 27.1 Å². The molecule has 0 saturated heterocycles. The molecule has 164 valence electrons. The lowest BCUT2D eigenvalue weighted by molar-refractivity contribution is -0.152. The Morgan fingerprint density at radius 1 is 1.00 bits per heavy atom. The zero-order valence-electron chi connectivity index (χ0n) is 16.7. The average molecular weight is 461 g/mol. The maximum atomic E-state index is 13.9. The summed E-state index contributed by atoms with van der Waals surface area (Å²) in [6.45, 7) is 0.0981. The Morgan fingerprint density at radius 2 is 1.72 bits per heavy atom. The number of hydrogen-bond donors (Lipinski definition) is 0. The first kappa shape index (κ1) is 21.8. The minimum atomic E-state index is -4.90. The number of fused-ring (bicyclic) bond motifs is 1. The highest BCUT2D eigenvalue weighted by Gasteiger charge is 2.40. The van der Waals surface area contributed by atoms with Crippen LogP contribution in [0.1, 0.15) is 11.3 Å². The molecule has 32 heavy (non-hydrogen) atoms. The fourth-order valence-electron chi connectivity index (χ4n) is 3.34. The van der Waals surface area contributed by atoms with Crippen LogP contribution in [0.5, 0.6) is 11.5 Å². The lowest BCUT2D eigenvalue weighted by Crippen LogP contribution is -2.16. The quantitative estimate of drug-likeness (QED) is 0.332. The monoisotopic (exact) mass is 460 g/mol. The molecule has 0 N–H and O–H groups in total. The molecule has 1 aromatic heterocycles. The van der Waals surface area contributed by atoms with Crippen molar-refractivity contribution in [1.29, 1.82) is 0 Å². The average Bonchev–Trinajstić information content (AvgIpc) is 2.77. The number of hydrogen-bond acceptors (Lipinski definition) is 4. The number of alkyl halides is 3.